The summed E-state index contributed by atoms with van der Waals surface area (Å²) >= 11 is 0. The first kappa shape index (κ1) is 15.3. The monoisotopic (exact) mass is 305 g/mol. The number of nitrogens with zero attached hydrogens (tertiary/aromatic N) is 1. The number of likely N-dealkylation sites (tertiary alicyclic amines) is 1. The van der Waals surface area contributed by atoms with Gasteiger partial charge in [0.2, 0.25) is 0 Å². The summed E-state index contributed by atoms with van der Waals surface area (Å²) < 4.78 is 5.82. The Morgan fingerprint density at radius 1 is 1.36 bits per heavy atom. The van der Waals surface area contributed by atoms with Crippen LogP contribution in [0.25, 0.3) is 0 Å². The number of hydrogen-bond acceptors (Lipinski definition) is 4. The Bertz CT molecular complexity index is 552. The highest BCUT2D eigenvalue weighted by Gasteiger charge is 2.36. The molecule has 1 fully saturated rings. The molecule has 0 radical (unpaired) electrons. The summed E-state index contributed by atoms with van der Waals surface area (Å²) in [5, 5.41) is 19.8. The van der Waals surface area contributed by atoms with Gasteiger partial charge in [0, 0.05) is 5.56 Å². The number of carboxylic acids is 1. The van der Waals surface area contributed by atoms with Gasteiger partial charge in [0.25, 0.3) is 0 Å². The molecule has 0 bridgehead atoms. The second kappa shape index (κ2) is 6.26. The molecule has 1 aromatic rings. The molecule has 2 N–H and O–H groups in total. The number of rotatable bonds is 3. The van der Waals surface area contributed by atoms with Gasteiger partial charge in [-0.2, -0.15) is 0 Å². The van der Waals surface area contributed by atoms with Crippen molar-refractivity contribution in [3.63, 3.8) is 0 Å². The molecule has 5 nitrogen and oxygen atoms in total. The Labute approximate surface area is 130 Å². The van der Waals surface area contributed by atoms with Crippen LogP contribution in [0.5, 0.6) is 5.75 Å². The van der Waals surface area contributed by atoms with E-state index in [1.54, 1.807) is 0 Å². The van der Waals surface area contributed by atoms with Gasteiger partial charge < -0.3 is 14.9 Å². The fourth-order valence-electron chi connectivity index (χ4n) is 3.44. The average Bonchev–Trinajstić information content (AvgIpc) is 2.55. The second-order valence-electron chi connectivity index (χ2n) is 6.20. The third-order valence-electron chi connectivity index (χ3n) is 4.92. The van der Waals surface area contributed by atoms with Crippen LogP contribution in [-0.4, -0.2) is 46.8 Å². The summed E-state index contributed by atoms with van der Waals surface area (Å²) in [5.41, 5.74) is 2.04. The Morgan fingerprint density at radius 2 is 2.09 bits per heavy atom. The zero-order chi connectivity index (χ0) is 15.7. The number of aryl methyl sites for hydroxylation is 1. The number of fused-ring (bicyclic) bond motifs is 1. The van der Waals surface area contributed by atoms with E-state index in [0.717, 1.165) is 17.7 Å². The lowest BCUT2D eigenvalue weighted by Crippen LogP contribution is -2.49. The molecule has 3 rings (SSSR count). The summed E-state index contributed by atoms with van der Waals surface area (Å²) in [5.74, 6) is -0.198. The highest BCUT2D eigenvalue weighted by molar-refractivity contribution is 5.70. The first-order valence-electron chi connectivity index (χ1n) is 8.00. The minimum absolute atomic E-state index is 0.0886. The molecule has 1 aromatic carbocycles. The van der Waals surface area contributed by atoms with Gasteiger partial charge in [-0.1, -0.05) is 13.0 Å². The zero-order valence-corrected chi connectivity index (χ0v) is 12.9. The van der Waals surface area contributed by atoms with Crippen molar-refractivity contribution in [2.24, 2.45) is 5.92 Å². The summed E-state index contributed by atoms with van der Waals surface area (Å²) in [4.78, 5) is 13.2. The largest absolute Gasteiger partial charge is 0.491 e. The van der Waals surface area contributed by atoms with Crippen LogP contribution in [0.15, 0.2) is 18.2 Å². The van der Waals surface area contributed by atoms with Crippen molar-refractivity contribution in [1.82, 2.24) is 4.90 Å². The van der Waals surface area contributed by atoms with E-state index in [2.05, 4.69) is 11.8 Å². The van der Waals surface area contributed by atoms with Crippen LogP contribution in [0.3, 0.4) is 0 Å². The number of piperidine rings is 1. The first-order chi connectivity index (χ1) is 10.6. The lowest BCUT2D eigenvalue weighted by atomic mass is 9.91. The quantitative estimate of drug-likeness (QED) is 0.892. The van der Waals surface area contributed by atoms with Crippen LogP contribution in [0.4, 0.5) is 0 Å². The molecule has 0 aliphatic carbocycles. The van der Waals surface area contributed by atoms with Gasteiger partial charge >= 0.3 is 5.97 Å². The van der Waals surface area contributed by atoms with Crippen LogP contribution in [-0.2, 0) is 11.2 Å². The molecule has 0 amide bonds. The second-order valence-corrected chi connectivity index (χ2v) is 6.20. The molecule has 22 heavy (non-hydrogen) atoms. The number of aliphatic hydroxyl groups is 1. The lowest BCUT2D eigenvalue weighted by molar-refractivity contribution is -0.143. The van der Waals surface area contributed by atoms with Crippen molar-refractivity contribution >= 4 is 5.97 Å². The number of benzene rings is 1. The maximum Gasteiger partial charge on any atom is 0.306 e. The minimum Gasteiger partial charge on any atom is -0.491 e. The predicted molar refractivity (Wildman–Crippen MR) is 82.0 cm³/mol. The molecular weight excluding hydrogens is 282 g/mol. The molecule has 120 valence electrons. The van der Waals surface area contributed by atoms with E-state index in [1.807, 2.05) is 18.2 Å². The van der Waals surface area contributed by atoms with E-state index in [-0.39, 0.29) is 12.0 Å². The number of hydrogen-bond donors (Lipinski definition) is 2. The van der Waals surface area contributed by atoms with Crippen molar-refractivity contribution in [1.29, 1.82) is 0 Å². The number of carboxylic acid groups (broad SMARTS) is 1. The maximum absolute atomic E-state index is 11.0. The predicted octanol–water partition coefficient (Wildman–Crippen LogP) is 1.84. The molecule has 2 aliphatic heterocycles. The average molecular weight is 305 g/mol. The highest BCUT2D eigenvalue weighted by atomic mass is 16.5. The summed E-state index contributed by atoms with van der Waals surface area (Å²) in [6, 6.07) is 5.90. The smallest absolute Gasteiger partial charge is 0.306 e. The van der Waals surface area contributed by atoms with Gasteiger partial charge in [-0.25, -0.2) is 0 Å². The van der Waals surface area contributed by atoms with Crippen molar-refractivity contribution in [3.05, 3.63) is 29.3 Å². The molecule has 0 aromatic heterocycles. The van der Waals surface area contributed by atoms with E-state index in [9.17, 15) is 9.90 Å². The molecule has 0 saturated carbocycles. The third kappa shape index (κ3) is 2.83. The van der Waals surface area contributed by atoms with E-state index >= 15 is 0 Å². The van der Waals surface area contributed by atoms with Crippen molar-refractivity contribution in [3.8, 4) is 5.75 Å². The van der Waals surface area contributed by atoms with Crippen molar-refractivity contribution < 1.29 is 19.7 Å². The molecule has 2 aliphatic rings. The minimum atomic E-state index is -0.710. The molecule has 0 spiro atoms. The van der Waals surface area contributed by atoms with Gasteiger partial charge in [-0.15, -0.1) is 0 Å². The normalized spacial score (nSPS) is 26.3. The van der Waals surface area contributed by atoms with Gasteiger partial charge in [0.05, 0.1) is 12.0 Å². The molecule has 2 heterocycles. The van der Waals surface area contributed by atoms with Crippen LogP contribution < -0.4 is 4.74 Å². The van der Waals surface area contributed by atoms with Gasteiger partial charge in [0.15, 0.2) is 0 Å². The number of aliphatic carboxylic acids is 1. The van der Waals surface area contributed by atoms with E-state index < -0.39 is 12.1 Å². The van der Waals surface area contributed by atoms with E-state index in [0.29, 0.717) is 32.5 Å². The Morgan fingerprint density at radius 3 is 2.73 bits per heavy atom. The van der Waals surface area contributed by atoms with Crippen molar-refractivity contribution in [2.75, 3.05) is 19.7 Å². The molecular formula is C17H23NO4. The van der Waals surface area contributed by atoms with Crippen LogP contribution in [0, 0.1) is 5.92 Å². The lowest BCUT2D eigenvalue weighted by Gasteiger charge is -2.41. The molecule has 2 unspecified atom stereocenters. The van der Waals surface area contributed by atoms with Gasteiger partial charge in [0.1, 0.15) is 18.5 Å². The first-order valence-corrected chi connectivity index (χ1v) is 8.00. The third-order valence-corrected chi connectivity index (χ3v) is 4.92. The zero-order valence-electron chi connectivity index (χ0n) is 12.9. The number of ether oxygens (including phenoxy) is 1. The SMILES string of the molecule is CCc1ccc2c(c1)C(O)C(N1CCC(C(=O)O)CC1)CO2. The Kier molecular flexibility index (Phi) is 4.36. The number of aliphatic hydroxyl groups excluding tert-OH is 1. The van der Waals surface area contributed by atoms with E-state index in [1.165, 1.54) is 5.56 Å². The van der Waals surface area contributed by atoms with Crippen LogP contribution in [0.1, 0.15) is 37.0 Å². The molecule has 5 heteroatoms. The van der Waals surface area contributed by atoms with Gasteiger partial charge in [-0.3, -0.25) is 9.69 Å². The number of carbonyl (C=O) groups is 1. The fourth-order valence-corrected chi connectivity index (χ4v) is 3.44. The highest BCUT2D eigenvalue weighted by Crippen LogP contribution is 2.36. The Hall–Kier alpha value is -1.59. The van der Waals surface area contributed by atoms with Crippen LogP contribution in [0.2, 0.25) is 0 Å². The van der Waals surface area contributed by atoms with Crippen molar-refractivity contribution in [2.45, 2.75) is 38.3 Å². The summed E-state index contributed by atoms with van der Waals surface area (Å²) in [6.45, 7) is 3.94. The Balaban J connectivity index is 1.73. The molecule has 1 saturated heterocycles. The van der Waals surface area contributed by atoms with Gasteiger partial charge in [-0.05, 0) is 50.0 Å². The summed E-state index contributed by atoms with van der Waals surface area (Å²) in [7, 11) is 0. The standard InChI is InChI=1S/C17H23NO4/c1-2-11-3-4-15-13(9-11)16(19)14(10-22-15)18-7-5-12(6-8-18)17(20)21/h3-4,9,12,14,16,19H,2,5-8,10H2,1H3,(H,20,21). The van der Waals surface area contributed by atoms with E-state index in [4.69, 9.17) is 9.84 Å². The van der Waals surface area contributed by atoms with Crippen LogP contribution >= 0.6 is 0 Å². The maximum atomic E-state index is 11.0. The molecule has 2 atom stereocenters. The summed E-state index contributed by atoms with van der Waals surface area (Å²) in [6.07, 6.45) is 1.63. The topological polar surface area (TPSA) is 70.0 Å². The fraction of sp³-hybridized carbons (Fsp3) is 0.588.